The van der Waals surface area contributed by atoms with Gasteiger partial charge in [-0.15, -0.1) is 11.3 Å². The van der Waals surface area contributed by atoms with Gasteiger partial charge in [-0.05, 0) is 25.0 Å². The summed E-state index contributed by atoms with van der Waals surface area (Å²) in [6, 6.07) is 8.62. The van der Waals surface area contributed by atoms with E-state index in [1.165, 1.54) is 0 Å². The maximum absolute atomic E-state index is 5.26. The van der Waals surface area contributed by atoms with E-state index in [1.54, 1.807) is 18.4 Å². The van der Waals surface area contributed by atoms with Crippen LogP contribution < -0.4 is 10.6 Å². The molecule has 1 atom stereocenters. The van der Waals surface area contributed by atoms with Crippen molar-refractivity contribution >= 4 is 33.5 Å². The van der Waals surface area contributed by atoms with Crippen molar-refractivity contribution in [2.75, 3.05) is 38.7 Å². The second-order valence-corrected chi connectivity index (χ2v) is 7.68. The third-order valence-electron chi connectivity index (χ3n) is 4.79. The van der Waals surface area contributed by atoms with Crippen molar-refractivity contribution in [1.29, 1.82) is 0 Å². The minimum absolute atomic E-state index is 0.408. The van der Waals surface area contributed by atoms with Crippen LogP contribution in [0.5, 0.6) is 0 Å². The number of methoxy groups -OCH3 is 1. The van der Waals surface area contributed by atoms with Crippen LogP contribution in [0, 0.1) is 0 Å². The quantitative estimate of drug-likeness (QED) is 0.864. The lowest BCUT2D eigenvalue weighted by molar-refractivity contribution is 0.168. The van der Waals surface area contributed by atoms with Crippen LogP contribution in [-0.4, -0.2) is 55.1 Å². The van der Waals surface area contributed by atoms with Crippen molar-refractivity contribution in [3.05, 3.63) is 35.0 Å². The fourth-order valence-electron chi connectivity index (χ4n) is 3.41. The predicted octanol–water partition coefficient (Wildman–Crippen LogP) is 3.15. The number of aryl methyl sites for hydroxylation is 1. The van der Waals surface area contributed by atoms with Gasteiger partial charge in [-0.2, -0.15) is 0 Å². The molecule has 2 aliphatic rings. The van der Waals surface area contributed by atoms with Crippen LogP contribution in [0.3, 0.4) is 0 Å². The molecule has 2 N–H and O–H groups in total. The van der Waals surface area contributed by atoms with E-state index in [0.717, 1.165) is 72.0 Å². The zero-order valence-corrected chi connectivity index (χ0v) is 16.1. The summed E-state index contributed by atoms with van der Waals surface area (Å²) in [5, 5.41) is 9.37. The highest BCUT2D eigenvalue weighted by Gasteiger charge is 2.28. The number of anilines is 2. The van der Waals surface area contributed by atoms with E-state index in [9.17, 15) is 0 Å². The van der Waals surface area contributed by atoms with Gasteiger partial charge in [0.25, 0.3) is 0 Å². The van der Waals surface area contributed by atoms with Crippen LogP contribution in [0.2, 0.25) is 0 Å². The minimum atomic E-state index is 0.408. The van der Waals surface area contributed by atoms with Crippen molar-refractivity contribution < 1.29 is 4.74 Å². The molecule has 4 rings (SSSR count). The van der Waals surface area contributed by atoms with Crippen LogP contribution >= 0.6 is 11.3 Å². The van der Waals surface area contributed by atoms with Gasteiger partial charge in [0.05, 0.1) is 16.4 Å². The molecule has 2 aliphatic heterocycles. The zero-order chi connectivity index (χ0) is 17.9. The number of aliphatic imine (C=N–C) groups is 1. The summed E-state index contributed by atoms with van der Waals surface area (Å²) in [5.41, 5.74) is 2.99. The van der Waals surface area contributed by atoms with Crippen LogP contribution in [-0.2, 0) is 11.2 Å². The average molecular weight is 372 g/mol. The lowest BCUT2D eigenvalue weighted by atomic mass is 10.1. The number of piperazine rings is 1. The fourth-order valence-corrected chi connectivity index (χ4v) is 4.32. The Morgan fingerprint density at radius 2 is 2.23 bits per heavy atom. The summed E-state index contributed by atoms with van der Waals surface area (Å²) in [5.74, 6) is 0.984. The molecule has 0 saturated carbocycles. The number of thiazole rings is 1. The third kappa shape index (κ3) is 3.47. The molecule has 1 saturated heterocycles. The van der Waals surface area contributed by atoms with E-state index in [-0.39, 0.29) is 0 Å². The standard InChI is InChI=1S/C19H25N5OS/c1-3-16-23-17-18(24-10-9-20-13(12-24)8-11-25-2)21-14-6-4-5-7-15(14)22-19(17)26-16/h4-7,13,20,22H,3,8-12H2,1-2H3. The molecule has 0 amide bonds. The third-order valence-corrected chi connectivity index (χ3v) is 5.90. The Balaban J connectivity index is 1.70. The fraction of sp³-hybridized carbons (Fsp3) is 0.474. The van der Waals surface area contributed by atoms with Crippen LogP contribution in [0.4, 0.5) is 16.4 Å². The number of benzene rings is 1. The Kier molecular flexibility index (Phi) is 5.19. The highest BCUT2D eigenvalue weighted by molar-refractivity contribution is 7.16. The van der Waals surface area contributed by atoms with E-state index >= 15 is 0 Å². The smallest absolute Gasteiger partial charge is 0.158 e. The number of aromatic nitrogens is 1. The van der Waals surface area contributed by atoms with Gasteiger partial charge in [0, 0.05) is 39.4 Å². The van der Waals surface area contributed by atoms with Crippen molar-refractivity contribution in [1.82, 2.24) is 15.2 Å². The first-order chi connectivity index (χ1) is 12.8. The Hall–Kier alpha value is -1.96. The van der Waals surface area contributed by atoms with Gasteiger partial charge in [-0.1, -0.05) is 19.1 Å². The van der Waals surface area contributed by atoms with Crippen molar-refractivity contribution in [2.24, 2.45) is 4.99 Å². The van der Waals surface area contributed by atoms with E-state index in [4.69, 9.17) is 14.7 Å². The maximum atomic E-state index is 5.26. The molecule has 7 heteroatoms. The minimum Gasteiger partial charge on any atom is -0.385 e. The number of amidine groups is 1. The zero-order valence-electron chi connectivity index (χ0n) is 15.3. The lowest BCUT2D eigenvalue weighted by Crippen LogP contribution is -2.53. The Bertz CT molecular complexity index is 803. The summed E-state index contributed by atoms with van der Waals surface area (Å²) in [7, 11) is 1.76. The number of hydrogen-bond donors (Lipinski definition) is 2. The molecule has 0 spiro atoms. The number of rotatable bonds is 4. The van der Waals surface area contributed by atoms with Gasteiger partial charge in [0.1, 0.15) is 10.7 Å². The molecule has 138 valence electrons. The van der Waals surface area contributed by atoms with Crippen molar-refractivity contribution in [3.8, 4) is 0 Å². The summed E-state index contributed by atoms with van der Waals surface area (Å²) in [6.45, 7) is 5.72. The maximum Gasteiger partial charge on any atom is 0.158 e. The number of nitrogens with zero attached hydrogens (tertiary/aromatic N) is 3. The molecule has 1 fully saturated rings. The number of para-hydroxylation sites is 2. The Labute approximate surface area is 158 Å². The molecule has 2 aromatic rings. The molecule has 1 aromatic carbocycles. The van der Waals surface area contributed by atoms with Gasteiger partial charge in [-0.3, -0.25) is 0 Å². The topological polar surface area (TPSA) is 61.8 Å². The molecule has 6 nitrogen and oxygen atoms in total. The molecular formula is C19H25N5OS. The van der Waals surface area contributed by atoms with E-state index in [1.807, 2.05) is 12.1 Å². The Morgan fingerprint density at radius 1 is 1.35 bits per heavy atom. The SMILES string of the molecule is CCc1nc2c(s1)Nc1ccccc1N=C2N1CCNC(CCOC)C1. The predicted molar refractivity (Wildman–Crippen MR) is 107 cm³/mol. The molecule has 1 aromatic heterocycles. The first kappa shape index (κ1) is 17.5. The van der Waals surface area contributed by atoms with Crippen molar-refractivity contribution in [2.45, 2.75) is 25.8 Å². The Morgan fingerprint density at radius 3 is 3.08 bits per heavy atom. The van der Waals surface area contributed by atoms with E-state index in [0.29, 0.717) is 6.04 Å². The largest absolute Gasteiger partial charge is 0.385 e. The van der Waals surface area contributed by atoms with Crippen LogP contribution in [0.1, 0.15) is 24.0 Å². The molecule has 0 bridgehead atoms. The van der Waals surface area contributed by atoms with Gasteiger partial charge in [0.2, 0.25) is 0 Å². The van der Waals surface area contributed by atoms with E-state index < -0.39 is 0 Å². The number of hydrogen-bond acceptors (Lipinski definition) is 7. The molecule has 0 aliphatic carbocycles. The second-order valence-electron chi connectivity index (χ2n) is 6.59. The summed E-state index contributed by atoms with van der Waals surface area (Å²) >= 11 is 1.73. The highest BCUT2D eigenvalue weighted by Crippen LogP contribution is 2.37. The van der Waals surface area contributed by atoms with Gasteiger partial charge in [0.15, 0.2) is 5.84 Å². The highest BCUT2D eigenvalue weighted by atomic mass is 32.1. The van der Waals surface area contributed by atoms with Gasteiger partial charge < -0.3 is 20.3 Å². The average Bonchev–Trinajstić information content (AvgIpc) is 3.01. The van der Waals surface area contributed by atoms with Gasteiger partial charge in [-0.25, -0.2) is 9.98 Å². The number of fused-ring (bicyclic) bond motifs is 2. The second kappa shape index (κ2) is 7.73. The first-order valence-corrected chi connectivity index (χ1v) is 10.0. The summed E-state index contributed by atoms with van der Waals surface area (Å²) in [6.07, 6.45) is 1.94. The van der Waals surface area contributed by atoms with Gasteiger partial charge >= 0.3 is 0 Å². The molecular weight excluding hydrogens is 346 g/mol. The monoisotopic (exact) mass is 371 g/mol. The first-order valence-electron chi connectivity index (χ1n) is 9.20. The van der Waals surface area contributed by atoms with Crippen LogP contribution in [0.25, 0.3) is 0 Å². The van der Waals surface area contributed by atoms with E-state index in [2.05, 4.69) is 34.6 Å². The molecule has 26 heavy (non-hydrogen) atoms. The normalized spacial score (nSPS) is 19.2. The summed E-state index contributed by atoms with van der Waals surface area (Å²) < 4.78 is 5.26. The number of nitrogens with one attached hydrogen (secondary N) is 2. The molecule has 3 heterocycles. The van der Waals surface area contributed by atoms with Crippen LogP contribution in [0.15, 0.2) is 29.3 Å². The lowest BCUT2D eigenvalue weighted by Gasteiger charge is -2.35. The molecule has 1 unspecified atom stereocenters. The van der Waals surface area contributed by atoms with Crippen molar-refractivity contribution in [3.63, 3.8) is 0 Å². The molecule has 0 radical (unpaired) electrons. The summed E-state index contributed by atoms with van der Waals surface area (Å²) in [4.78, 5) is 12.3. The number of ether oxygens (including phenoxy) is 1.